The number of amides is 1. The number of aromatic nitrogens is 5. The molecule has 7 heteroatoms. The summed E-state index contributed by atoms with van der Waals surface area (Å²) in [5, 5.41) is 8.43. The molecule has 0 radical (unpaired) electrons. The minimum Gasteiger partial charge on any atom is -0.345 e. The summed E-state index contributed by atoms with van der Waals surface area (Å²) in [6, 6.07) is 17.4. The van der Waals surface area contributed by atoms with Crippen molar-refractivity contribution in [2.24, 2.45) is 7.05 Å². The molecular weight excluding hydrogens is 376 g/mol. The van der Waals surface area contributed by atoms with E-state index in [-0.39, 0.29) is 11.9 Å². The van der Waals surface area contributed by atoms with E-state index in [1.54, 1.807) is 17.2 Å². The summed E-state index contributed by atoms with van der Waals surface area (Å²) in [5.41, 5.74) is 5.89. The van der Waals surface area contributed by atoms with Crippen LogP contribution in [0.4, 0.5) is 0 Å². The molecule has 148 valence electrons. The maximum atomic E-state index is 13.2. The van der Waals surface area contributed by atoms with Crippen LogP contribution in [-0.4, -0.2) is 30.6 Å². The van der Waals surface area contributed by atoms with Gasteiger partial charge in [0, 0.05) is 18.6 Å². The fraction of sp³-hybridized carbons (Fsp3) is 0.130. The fourth-order valence-electron chi connectivity index (χ4n) is 3.78. The number of rotatable bonds is 4. The van der Waals surface area contributed by atoms with Gasteiger partial charge in [-0.2, -0.15) is 5.10 Å². The van der Waals surface area contributed by atoms with Crippen molar-refractivity contribution in [2.75, 3.05) is 0 Å². The average Bonchev–Trinajstić information content (AvgIpc) is 3.35. The molecule has 0 aliphatic rings. The van der Waals surface area contributed by atoms with E-state index in [1.807, 2.05) is 68.6 Å². The number of H-pyrrole nitrogens is 1. The Morgan fingerprint density at radius 3 is 2.73 bits per heavy atom. The molecule has 0 saturated carbocycles. The Morgan fingerprint density at radius 2 is 1.90 bits per heavy atom. The van der Waals surface area contributed by atoms with Crippen molar-refractivity contribution < 1.29 is 4.79 Å². The van der Waals surface area contributed by atoms with Gasteiger partial charge in [0.15, 0.2) is 5.65 Å². The smallest absolute Gasteiger partial charge is 0.253 e. The molecule has 3 heterocycles. The largest absolute Gasteiger partial charge is 0.345 e. The number of aromatic amines is 1. The Hall–Kier alpha value is -4.00. The zero-order valence-electron chi connectivity index (χ0n) is 16.6. The van der Waals surface area contributed by atoms with Crippen LogP contribution in [0.15, 0.2) is 67.1 Å². The summed E-state index contributed by atoms with van der Waals surface area (Å²) in [5.74, 6) is -0.189. The van der Waals surface area contributed by atoms with Crippen LogP contribution in [-0.2, 0) is 7.05 Å². The molecule has 2 aromatic carbocycles. The zero-order valence-corrected chi connectivity index (χ0v) is 16.6. The lowest BCUT2D eigenvalue weighted by molar-refractivity contribution is 0.0943. The summed E-state index contributed by atoms with van der Waals surface area (Å²) in [7, 11) is 1.85. The van der Waals surface area contributed by atoms with Crippen LogP contribution in [0.3, 0.4) is 0 Å². The van der Waals surface area contributed by atoms with Gasteiger partial charge in [-0.25, -0.2) is 9.97 Å². The number of carbonyl (C=O) groups is 1. The highest BCUT2D eigenvalue weighted by atomic mass is 16.1. The van der Waals surface area contributed by atoms with Gasteiger partial charge in [-0.15, -0.1) is 0 Å². The van der Waals surface area contributed by atoms with Crippen LogP contribution in [0.25, 0.3) is 22.1 Å². The second-order valence-electron chi connectivity index (χ2n) is 7.30. The molecule has 5 aromatic rings. The van der Waals surface area contributed by atoms with Crippen LogP contribution in [0.2, 0.25) is 0 Å². The number of fused-ring (bicyclic) bond motifs is 2. The monoisotopic (exact) mass is 396 g/mol. The van der Waals surface area contributed by atoms with Crippen molar-refractivity contribution >= 4 is 28.0 Å². The second kappa shape index (κ2) is 7.11. The topological polar surface area (TPSA) is 88.5 Å². The van der Waals surface area contributed by atoms with Gasteiger partial charge in [-0.05, 0) is 36.2 Å². The van der Waals surface area contributed by atoms with Crippen LogP contribution in [0.5, 0.6) is 0 Å². The van der Waals surface area contributed by atoms with Crippen LogP contribution in [0, 0.1) is 6.92 Å². The molecule has 0 bridgehead atoms. The molecule has 2 N–H and O–H groups in total. The number of pyridine rings is 1. The van der Waals surface area contributed by atoms with Gasteiger partial charge < -0.3 is 10.3 Å². The molecule has 1 atom stereocenters. The Balaban J connectivity index is 1.53. The van der Waals surface area contributed by atoms with E-state index < -0.39 is 0 Å². The minimum absolute atomic E-state index is 0.189. The Bertz CT molecular complexity index is 1370. The summed E-state index contributed by atoms with van der Waals surface area (Å²) in [4.78, 5) is 25.0. The number of benzene rings is 2. The van der Waals surface area contributed by atoms with Crippen LogP contribution < -0.4 is 5.32 Å². The van der Waals surface area contributed by atoms with Crippen molar-refractivity contribution in [3.63, 3.8) is 0 Å². The molecule has 5 rings (SSSR count). The number of hydrogen-bond donors (Lipinski definition) is 2. The molecule has 0 spiro atoms. The molecule has 0 aliphatic carbocycles. The highest BCUT2D eigenvalue weighted by molar-refractivity contribution is 5.97. The van der Waals surface area contributed by atoms with Gasteiger partial charge in [-0.1, -0.05) is 36.4 Å². The maximum absolute atomic E-state index is 13.2. The van der Waals surface area contributed by atoms with Gasteiger partial charge in [0.05, 0.1) is 34.7 Å². The SMILES string of the molecule is Cc1nn(C)c2ncc(C(=O)NC(c3ccccc3)c3ccc4nc[nH]c4c3)cc12. The van der Waals surface area contributed by atoms with Crippen LogP contribution in [0.1, 0.15) is 33.2 Å². The predicted molar refractivity (Wildman–Crippen MR) is 115 cm³/mol. The highest BCUT2D eigenvalue weighted by Crippen LogP contribution is 2.25. The molecular formula is C23H20N6O. The normalized spacial score (nSPS) is 12.3. The lowest BCUT2D eigenvalue weighted by Gasteiger charge is -2.20. The first kappa shape index (κ1) is 18.1. The fourth-order valence-corrected chi connectivity index (χ4v) is 3.78. The standard InChI is InChI=1S/C23H20N6O/c1-14-18-10-17(12-24-22(18)29(2)28-14)23(30)27-21(15-6-4-3-5-7-15)16-8-9-19-20(11-16)26-13-25-19/h3-13,21H,1-2H3,(H,25,26)(H,27,30). The van der Waals surface area contributed by atoms with Gasteiger partial charge in [-0.3, -0.25) is 9.48 Å². The third kappa shape index (κ3) is 3.10. The van der Waals surface area contributed by atoms with E-state index >= 15 is 0 Å². The summed E-state index contributed by atoms with van der Waals surface area (Å²) < 4.78 is 1.72. The van der Waals surface area contributed by atoms with Crippen molar-refractivity contribution in [2.45, 2.75) is 13.0 Å². The summed E-state index contributed by atoms with van der Waals surface area (Å²) in [6.07, 6.45) is 3.26. The third-order valence-electron chi connectivity index (χ3n) is 5.31. The number of nitrogens with one attached hydrogen (secondary N) is 2. The Labute approximate surface area is 172 Å². The first-order valence-corrected chi connectivity index (χ1v) is 9.68. The third-order valence-corrected chi connectivity index (χ3v) is 5.31. The number of imidazole rings is 1. The molecule has 0 aliphatic heterocycles. The Morgan fingerprint density at radius 1 is 1.07 bits per heavy atom. The quantitative estimate of drug-likeness (QED) is 0.485. The van der Waals surface area contributed by atoms with Crippen LogP contribution >= 0.6 is 0 Å². The summed E-state index contributed by atoms with van der Waals surface area (Å²) in [6.45, 7) is 1.91. The Kier molecular flexibility index (Phi) is 4.28. The van der Waals surface area contributed by atoms with Gasteiger partial charge in [0.25, 0.3) is 5.91 Å². The highest BCUT2D eigenvalue weighted by Gasteiger charge is 2.20. The first-order chi connectivity index (χ1) is 14.6. The molecule has 3 aromatic heterocycles. The summed E-state index contributed by atoms with van der Waals surface area (Å²) >= 11 is 0. The van der Waals surface area contributed by atoms with Crippen molar-refractivity contribution in [1.29, 1.82) is 0 Å². The molecule has 1 amide bonds. The van der Waals surface area contributed by atoms with E-state index in [2.05, 4.69) is 25.4 Å². The minimum atomic E-state index is -0.308. The van der Waals surface area contributed by atoms with Crippen molar-refractivity contribution in [3.05, 3.63) is 89.5 Å². The van der Waals surface area contributed by atoms with E-state index in [0.29, 0.717) is 5.56 Å². The first-order valence-electron chi connectivity index (χ1n) is 9.68. The molecule has 30 heavy (non-hydrogen) atoms. The maximum Gasteiger partial charge on any atom is 0.253 e. The molecule has 0 saturated heterocycles. The molecule has 7 nitrogen and oxygen atoms in total. The van der Waals surface area contributed by atoms with Gasteiger partial charge in [0.2, 0.25) is 0 Å². The van der Waals surface area contributed by atoms with E-state index in [4.69, 9.17) is 0 Å². The van der Waals surface area contributed by atoms with E-state index in [0.717, 1.165) is 38.9 Å². The molecule has 1 unspecified atom stereocenters. The second-order valence-corrected chi connectivity index (χ2v) is 7.30. The van der Waals surface area contributed by atoms with Crippen molar-refractivity contribution in [3.8, 4) is 0 Å². The lowest BCUT2D eigenvalue weighted by atomic mass is 9.98. The lowest BCUT2D eigenvalue weighted by Crippen LogP contribution is -2.29. The van der Waals surface area contributed by atoms with Gasteiger partial charge >= 0.3 is 0 Å². The van der Waals surface area contributed by atoms with Gasteiger partial charge in [0.1, 0.15) is 0 Å². The number of carbonyl (C=O) groups excluding carboxylic acids is 1. The average molecular weight is 396 g/mol. The zero-order chi connectivity index (χ0) is 20.7. The number of nitrogens with zero attached hydrogens (tertiary/aromatic N) is 4. The van der Waals surface area contributed by atoms with Crippen molar-refractivity contribution in [1.82, 2.24) is 30.0 Å². The van der Waals surface area contributed by atoms with E-state index in [9.17, 15) is 4.79 Å². The predicted octanol–water partition coefficient (Wildman–Crippen LogP) is 3.67. The van der Waals surface area contributed by atoms with E-state index in [1.165, 1.54) is 0 Å². The number of aryl methyl sites for hydroxylation is 2. The molecule has 0 fully saturated rings. The number of hydrogen-bond acceptors (Lipinski definition) is 4.